The molecule has 9 heteroatoms. The molecule has 1 amide bonds. The predicted molar refractivity (Wildman–Crippen MR) is 88.4 cm³/mol. The molecule has 5 nitrogen and oxygen atoms in total. The number of carbonyl (C=O) groups excluding carboxylic acids is 1. The number of benzene rings is 1. The minimum Gasteiger partial charge on any atom is -0.311 e. The van der Waals surface area contributed by atoms with Gasteiger partial charge in [-0.25, -0.2) is 0 Å². The molecule has 0 saturated heterocycles. The number of aromatic nitrogens is 3. The lowest BCUT2D eigenvalue weighted by molar-refractivity contribution is -0.147. The second-order valence-electron chi connectivity index (χ2n) is 5.85. The van der Waals surface area contributed by atoms with Crippen LogP contribution < -0.4 is 4.90 Å². The van der Waals surface area contributed by atoms with E-state index in [1.54, 1.807) is 11.8 Å². The van der Waals surface area contributed by atoms with E-state index < -0.39 is 17.3 Å². The van der Waals surface area contributed by atoms with E-state index in [4.69, 9.17) is 0 Å². The number of fused-ring (bicyclic) bond motifs is 1. The van der Waals surface area contributed by atoms with Crippen LogP contribution in [0.15, 0.2) is 29.4 Å². The van der Waals surface area contributed by atoms with E-state index in [2.05, 4.69) is 10.2 Å². The second-order valence-corrected chi connectivity index (χ2v) is 7.15. The highest BCUT2D eigenvalue weighted by Crippen LogP contribution is 2.33. The summed E-state index contributed by atoms with van der Waals surface area (Å²) in [5, 5.41) is 6.26. The largest absolute Gasteiger partial charge is 0.451 e. The minimum absolute atomic E-state index is 0.0680. The van der Waals surface area contributed by atoms with Crippen molar-refractivity contribution in [1.29, 1.82) is 0 Å². The molecule has 0 aliphatic carbocycles. The van der Waals surface area contributed by atoms with Gasteiger partial charge >= 0.3 is 6.18 Å². The number of hydrogen-bond acceptors (Lipinski definition) is 4. The lowest BCUT2D eigenvalue weighted by Crippen LogP contribution is -2.40. The minimum atomic E-state index is -4.57. The molecule has 1 aromatic carbocycles. The van der Waals surface area contributed by atoms with Crippen molar-refractivity contribution in [2.75, 3.05) is 11.4 Å². The summed E-state index contributed by atoms with van der Waals surface area (Å²) in [6.45, 7) is 2.28. The number of hydrogen-bond donors (Lipinski definition) is 0. The maximum atomic E-state index is 12.8. The van der Waals surface area contributed by atoms with Crippen LogP contribution in [0.2, 0.25) is 0 Å². The van der Waals surface area contributed by atoms with Crippen LogP contribution in [0, 0.1) is 0 Å². The average molecular weight is 370 g/mol. The van der Waals surface area contributed by atoms with Gasteiger partial charge in [-0.05, 0) is 31.4 Å². The van der Waals surface area contributed by atoms with E-state index in [1.165, 1.54) is 7.05 Å². The van der Waals surface area contributed by atoms with Gasteiger partial charge in [-0.2, -0.15) is 13.2 Å². The zero-order chi connectivity index (χ0) is 18.2. The van der Waals surface area contributed by atoms with Crippen molar-refractivity contribution in [3.8, 4) is 0 Å². The van der Waals surface area contributed by atoms with Crippen LogP contribution in [-0.2, 0) is 24.4 Å². The summed E-state index contributed by atoms with van der Waals surface area (Å²) >= 11 is 0.982. The highest BCUT2D eigenvalue weighted by Gasteiger charge is 2.38. The Morgan fingerprint density at radius 2 is 2.00 bits per heavy atom. The van der Waals surface area contributed by atoms with E-state index in [-0.39, 0.29) is 11.1 Å². The first-order chi connectivity index (χ1) is 11.8. The summed E-state index contributed by atoms with van der Waals surface area (Å²) in [6.07, 6.45) is -2.79. The average Bonchev–Trinajstić information content (AvgIpc) is 2.94. The van der Waals surface area contributed by atoms with Crippen molar-refractivity contribution in [3.63, 3.8) is 0 Å². The standard InChI is InChI=1S/C16H17F3N4OS/c1-10(25-15-21-20-14(22(15)2)16(17,18)19)13(24)23-9-5-7-11-6-3-4-8-12(11)23/h3-4,6,8,10H,5,7,9H2,1-2H3/t10-/m0/s1. The Bertz CT molecular complexity index is 790. The van der Waals surface area contributed by atoms with Crippen molar-refractivity contribution >= 4 is 23.4 Å². The van der Waals surface area contributed by atoms with Crippen LogP contribution in [-0.4, -0.2) is 32.5 Å². The Kier molecular flexibility index (Phi) is 4.77. The van der Waals surface area contributed by atoms with Crippen molar-refractivity contribution in [3.05, 3.63) is 35.7 Å². The van der Waals surface area contributed by atoms with Crippen LogP contribution in [0.3, 0.4) is 0 Å². The number of halogens is 3. The first kappa shape index (κ1) is 17.8. The lowest BCUT2D eigenvalue weighted by Gasteiger charge is -2.31. The quantitative estimate of drug-likeness (QED) is 0.778. The molecule has 0 bridgehead atoms. The van der Waals surface area contributed by atoms with Crippen molar-refractivity contribution in [1.82, 2.24) is 14.8 Å². The van der Waals surface area contributed by atoms with Crippen molar-refractivity contribution in [2.24, 2.45) is 7.05 Å². The van der Waals surface area contributed by atoms with Crippen LogP contribution in [0.1, 0.15) is 24.7 Å². The lowest BCUT2D eigenvalue weighted by atomic mass is 10.0. The van der Waals surface area contributed by atoms with E-state index in [9.17, 15) is 18.0 Å². The fourth-order valence-electron chi connectivity index (χ4n) is 2.85. The first-order valence-electron chi connectivity index (χ1n) is 7.81. The molecule has 0 saturated carbocycles. The molecule has 0 spiro atoms. The predicted octanol–water partition coefficient (Wildman–Crippen LogP) is 3.29. The zero-order valence-electron chi connectivity index (χ0n) is 13.7. The summed E-state index contributed by atoms with van der Waals surface area (Å²) in [6, 6.07) is 7.70. The third-order valence-electron chi connectivity index (χ3n) is 4.09. The fourth-order valence-corrected chi connectivity index (χ4v) is 3.73. The molecule has 2 aromatic rings. The summed E-state index contributed by atoms with van der Waals surface area (Å²) in [5.74, 6) is -1.22. The van der Waals surface area contributed by atoms with Gasteiger partial charge in [0.15, 0.2) is 5.16 Å². The summed E-state index contributed by atoms with van der Waals surface area (Å²) in [7, 11) is 1.25. The van der Waals surface area contributed by atoms with Crippen LogP contribution in [0.4, 0.5) is 18.9 Å². The molecule has 1 atom stereocenters. The summed E-state index contributed by atoms with van der Waals surface area (Å²) < 4.78 is 39.3. The third-order valence-corrected chi connectivity index (χ3v) is 5.22. The highest BCUT2D eigenvalue weighted by molar-refractivity contribution is 8.00. The molecule has 0 unspecified atom stereocenters. The molecule has 0 N–H and O–H groups in total. The second kappa shape index (κ2) is 6.70. The van der Waals surface area contributed by atoms with E-state index in [1.807, 2.05) is 24.3 Å². The number of amides is 1. The molecular formula is C16H17F3N4OS. The van der Waals surface area contributed by atoms with Crippen molar-refractivity contribution in [2.45, 2.75) is 36.3 Å². The summed E-state index contributed by atoms with van der Waals surface area (Å²) in [5.41, 5.74) is 1.98. The van der Waals surface area contributed by atoms with Gasteiger partial charge in [-0.3, -0.25) is 4.79 Å². The zero-order valence-corrected chi connectivity index (χ0v) is 14.6. The van der Waals surface area contributed by atoms with Crippen molar-refractivity contribution < 1.29 is 18.0 Å². The maximum Gasteiger partial charge on any atom is 0.451 e. The van der Waals surface area contributed by atoms with Gasteiger partial charge in [0.2, 0.25) is 11.7 Å². The van der Waals surface area contributed by atoms with Gasteiger partial charge in [-0.1, -0.05) is 30.0 Å². The number of rotatable bonds is 3. The number of alkyl halides is 3. The topological polar surface area (TPSA) is 51.0 Å². The molecule has 1 aliphatic heterocycles. The Morgan fingerprint density at radius 3 is 2.68 bits per heavy atom. The van der Waals surface area contributed by atoms with E-state index >= 15 is 0 Å². The summed E-state index contributed by atoms with van der Waals surface area (Å²) in [4.78, 5) is 14.5. The van der Waals surface area contributed by atoms with Gasteiger partial charge in [-0.15, -0.1) is 10.2 Å². The molecular weight excluding hydrogens is 353 g/mol. The smallest absolute Gasteiger partial charge is 0.311 e. The molecule has 25 heavy (non-hydrogen) atoms. The molecule has 2 heterocycles. The van der Waals surface area contributed by atoms with Crippen LogP contribution >= 0.6 is 11.8 Å². The Balaban J connectivity index is 1.78. The van der Waals surface area contributed by atoms with Gasteiger partial charge in [0.25, 0.3) is 0 Å². The molecule has 134 valence electrons. The highest BCUT2D eigenvalue weighted by atomic mass is 32.2. The van der Waals surface area contributed by atoms with Gasteiger partial charge in [0.05, 0.1) is 5.25 Å². The van der Waals surface area contributed by atoms with Crippen LogP contribution in [0.5, 0.6) is 0 Å². The van der Waals surface area contributed by atoms with E-state index in [0.29, 0.717) is 6.54 Å². The Hall–Kier alpha value is -2.03. The number of para-hydroxylation sites is 1. The number of aryl methyl sites for hydroxylation is 1. The SMILES string of the molecule is C[C@H](Sc1nnc(C(F)(F)F)n1C)C(=O)N1CCCc2ccccc21. The van der Waals surface area contributed by atoms with Crippen LogP contribution in [0.25, 0.3) is 0 Å². The number of anilines is 1. The normalized spacial score (nSPS) is 15.8. The monoisotopic (exact) mass is 370 g/mol. The maximum absolute atomic E-state index is 12.8. The molecule has 1 aliphatic rings. The molecule has 0 fully saturated rings. The van der Waals surface area contributed by atoms with Gasteiger partial charge < -0.3 is 9.47 Å². The third kappa shape index (κ3) is 3.51. The number of carbonyl (C=O) groups is 1. The number of thioether (sulfide) groups is 1. The fraction of sp³-hybridized carbons (Fsp3) is 0.438. The van der Waals surface area contributed by atoms with Gasteiger partial charge in [0.1, 0.15) is 0 Å². The van der Waals surface area contributed by atoms with Gasteiger partial charge in [0, 0.05) is 19.3 Å². The molecule has 0 radical (unpaired) electrons. The van der Waals surface area contributed by atoms with E-state index in [0.717, 1.165) is 40.4 Å². The first-order valence-corrected chi connectivity index (χ1v) is 8.69. The number of nitrogens with zero attached hydrogens (tertiary/aromatic N) is 4. The molecule has 3 rings (SSSR count). The molecule has 1 aromatic heterocycles. The Morgan fingerprint density at radius 1 is 1.28 bits per heavy atom. The Labute approximate surface area is 147 Å².